The van der Waals surface area contributed by atoms with Crippen molar-refractivity contribution in [3.8, 4) is 28.5 Å². The van der Waals surface area contributed by atoms with Crippen molar-refractivity contribution in [2.45, 2.75) is 0 Å². The predicted molar refractivity (Wildman–Crippen MR) is 95.6 cm³/mol. The first-order chi connectivity index (χ1) is 12.2. The normalized spacial score (nSPS) is 11.0. The summed E-state index contributed by atoms with van der Waals surface area (Å²) in [6.45, 7) is 0. The number of methoxy groups -OCH3 is 3. The molecule has 25 heavy (non-hydrogen) atoms. The molecular formula is C19H17N3O3. The molecule has 6 nitrogen and oxygen atoms in total. The average molecular weight is 335 g/mol. The van der Waals surface area contributed by atoms with E-state index in [1.807, 2.05) is 42.5 Å². The molecule has 2 aromatic carbocycles. The average Bonchev–Trinajstić information content (AvgIpc) is 3.11. The lowest BCUT2D eigenvalue weighted by atomic mass is 10.1. The Labute approximate surface area is 144 Å². The first-order valence-electron chi connectivity index (χ1n) is 7.78. The Balaban J connectivity index is 1.90. The topological polar surface area (TPSA) is 57.9 Å². The van der Waals surface area contributed by atoms with E-state index in [0.717, 1.165) is 33.4 Å². The Morgan fingerprint density at radius 3 is 2.24 bits per heavy atom. The summed E-state index contributed by atoms with van der Waals surface area (Å²) >= 11 is 0. The van der Waals surface area contributed by atoms with Crippen LogP contribution in [0.2, 0.25) is 0 Å². The van der Waals surface area contributed by atoms with Gasteiger partial charge >= 0.3 is 0 Å². The van der Waals surface area contributed by atoms with E-state index in [1.54, 1.807) is 32.2 Å². The third-order valence-corrected chi connectivity index (χ3v) is 4.21. The fraction of sp³-hybridized carbons (Fsp3) is 0.158. The molecule has 0 radical (unpaired) electrons. The zero-order chi connectivity index (χ0) is 17.4. The Hall–Kier alpha value is -3.28. The van der Waals surface area contributed by atoms with Crippen LogP contribution in [0.1, 0.15) is 0 Å². The Kier molecular flexibility index (Phi) is 3.65. The van der Waals surface area contributed by atoms with E-state index in [-0.39, 0.29) is 0 Å². The third-order valence-electron chi connectivity index (χ3n) is 4.21. The highest BCUT2D eigenvalue weighted by molar-refractivity contribution is 5.96. The van der Waals surface area contributed by atoms with Crippen LogP contribution in [0, 0.1) is 0 Å². The minimum absolute atomic E-state index is 0.654. The molecule has 0 fully saturated rings. The maximum absolute atomic E-state index is 5.41. The van der Waals surface area contributed by atoms with E-state index in [2.05, 4.69) is 10.1 Å². The van der Waals surface area contributed by atoms with Crippen LogP contribution >= 0.6 is 0 Å². The lowest BCUT2D eigenvalue weighted by Crippen LogP contribution is -1.94. The highest BCUT2D eigenvalue weighted by Crippen LogP contribution is 2.34. The van der Waals surface area contributed by atoms with Gasteiger partial charge < -0.3 is 14.2 Å². The van der Waals surface area contributed by atoms with Crippen molar-refractivity contribution >= 4 is 16.4 Å². The molecule has 0 atom stereocenters. The highest BCUT2D eigenvalue weighted by atomic mass is 16.5. The van der Waals surface area contributed by atoms with Crippen molar-refractivity contribution in [1.29, 1.82) is 0 Å². The standard InChI is InChI=1S/C19H17N3O3/c1-23-13-6-4-12(5-7-13)15-9-17-14-8-18(24-2)19(25-3)10-16(14)20-11-22(17)21-15/h4-11H,1-3H3. The lowest BCUT2D eigenvalue weighted by Gasteiger charge is -2.09. The number of benzene rings is 2. The number of fused-ring (bicyclic) bond motifs is 3. The molecule has 0 aliphatic rings. The van der Waals surface area contributed by atoms with Crippen LogP contribution < -0.4 is 14.2 Å². The minimum Gasteiger partial charge on any atom is -0.497 e. The maximum atomic E-state index is 5.41. The number of hydrogen-bond acceptors (Lipinski definition) is 5. The SMILES string of the molecule is COc1ccc(-c2cc3c4cc(OC)c(OC)cc4ncn3n2)cc1. The zero-order valence-electron chi connectivity index (χ0n) is 14.2. The van der Waals surface area contributed by atoms with Crippen LogP contribution in [0.25, 0.3) is 27.7 Å². The second-order valence-corrected chi connectivity index (χ2v) is 5.56. The summed E-state index contributed by atoms with van der Waals surface area (Å²) in [6.07, 6.45) is 1.70. The van der Waals surface area contributed by atoms with Crippen LogP contribution in [0.15, 0.2) is 48.8 Å². The van der Waals surface area contributed by atoms with E-state index in [9.17, 15) is 0 Å². The van der Waals surface area contributed by atoms with Crippen molar-refractivity contribution in [3.63, 3.8) is 0 Å². The van der Waals surface area contributed by atoms with Crippen molar-refractivity contribution in [2.24, 2.45) is 0 Å². The van der Waals surface area contributed by atoms with Crippen molar-refractivity contribution in [2.75, 3.05) is 21.3 Å². The molecule has 0 N–H and O–H groups in total. The minimum atomic E-state index is 0.654. The summed E-state index contributed by atoms with van der Waals surface area (Å²) in [7, 11) is 4.89. The molecule has 4 aromatic rings. The molecule has 0 saturated carbocycles. The van der Waals surface area contributed by atoms with Gasteiger partial charge in [-0.15, -0.1) is 0 Å². The van der Waals surface area contributed by atoms with Crippen LogP contribution in [0.4, 0.5) is 0 Å². The summed E-state index contributed by atoms with van der Waals surface area (Å²) < 4.78 is 17.7. The smallest absolute Gasteiger partial charge is 0.162 e. The van der Waals surface area contributed by atoms with Gasteiger partial charge in [-0.3, -0.25) is 0 Å². The number of aromatic nitrogens is 3. The second kappa shape index (κ2) is 5.98. The summed E-state index contributed by atoms with van der Waals surface area (Å²) in [5.41, 5.74) is 3.66. The molecule has 2 heterocycles. The molecule has 0 saturated heterocycles. The van der Waals surface area contributed by atoms with Crippen molar-refractivity contribution in [1.82, 2.24) is 14.6 Å². The molecule has 0 aliphatic heterocycles. The number of rotatable bonds is 4. The lowest BCUT2D eigenvalue weighted by molar-refractivity contribution is 0.356. The molecule has 4 rings (SSSR count). The third kappa shape index (κ3) is 2.52. The van der Waals surface area contributed by atoms with E-state index in [0.29, 0.717) is 11.5 Å². The maximum Gasteiger partial charge on any atom is 0.162 e. The number of nitrogens with zero attached hydrogens (tertiary/aromatic N) is 3. The Bertz CT molecular complexity index is 1060. The van der Waals surface area contributed by atoms with E-state index >= 15 is 0 Å². The van der Waals surface area contributed by atoms with Crippen LogP contribution in [0.3, 0.4) is 0 Å². The van der Waals surface area contributed by atoms with E-state index in [4.69, 9.17) is 14.2 Å². The van der Waals surface area contributed by atoms with Gasteiger partial charge in [0.25, 0.3) is 0 Å². The molecular weight excluding hydrogens is 318 g/mol. The van der Waals surface area contributed by atoms with Gasteiger partial charge in [0.2, 0.25) is 0 Å². The predicted octanol–water partition coefficient (Wildman–Crippen LogP) is 3.58. The quantitative estimate of drug-likeness (QED) is 0.570. The molecule has 0 amide bonds. The van der Waals surface area contributed by atoms with E-state index < -0.39 is 0 Å². The first-order valence-corrected chi connectivity index (χ1v) is 7.78. The van der Waals surface area contributed by atoms with Crippen molar-refractivity contribution < 1.29 is 14.2 Å². The van der Waals surface area contributed by atoms with Gasteiger partial charge in [-0.1, -0.05) is 0 Å². The fourth-order valence-corrected chi connectivity index (χ4v) is 2.88. The van der Waals surface area contributed by atoms with Crippen LogP contribution in [0.5, 0.6) is 17.2 Å². The van der Waals surface area contributed by atoms with Crippen molar-refractivity contribution in [3.05, 3.63) is 48.8 Å². The van der Waals surface area contributed by atoms with Gasteiger partial charge in [-0.05, 0) is 36.4 Å². The molecule has 0 unspecified atom stereocenters. The monoisotopic (exact) mass is 335 g/mol. The molecule has 126 valence electrons. The largest absolute Gasteiger partial charge is 0.497 e. The van der Waals surface area contributed by atoms with Crippen LogP contribution in [-0.4, -0.2) is 35.9 Å². The van der Waals surface area contributed by atoms with E-state index in [1.165, 1.54) is 0 Å². The first kappa shape index (κ1) is 15.3. The van der Waals surface area contributed by atoms with Gasteiger partial charge in [0.05, 0.1) is 38.1 Å². The molecule has 6 heteroatoms. The zero-order valence-corrected chi connectivity index (χ0v) is 14.2. The summed E-state index contributed by atoms with van der Waals surface area (Å²) in [4.78, 5) is 4.47. The number of hydrogen-bond donors (Lipinski definition) is 0. The van der Waals surface area contributed by atoms with Gasteiger partial charge in [-0.25, -0.2) is 9.50 Å². The van der Waals surface area contributed by atoms with Gasteiger partial charge in [0.15, 0.2) is 11.5 Å². The number of ether oxygens (including phenoxy) is 3. The van der Waals surface area contributed by atoms with Crippen LogP contribution in [-0.2, 0) is 0 Å². The Morgan fingerprint density at radius 1 is 0.840 bits per heavy atom. The highest BCUT2D eigenvalue weighted by Gasteiger charge is 2.12. The summed E-state index contributed by atoms with van der Waals surface area (Å²) in [5.74, 6) is 2.13. The molecule has 2 aromatic heterocycles. The summed E-state index contributed by atoms with van der Waals surface area (Å²) in [5, 5.41) is 5.58. The van der Waals surface area contributed by atoms with Gasteiger partial charge in [0, 0.05) is 17.0 Å². The molecule has 0 aliphatic carbocycles. The fourth-order valence-electron chi connectivity index (χ4n) is 2.88. The second-order valence-electron chi connectivity index (χ2n) is 5.56. The Morgan fingerprint density at radius 2 is 1.56 bits per heavy atom. The summed E-state index contributed by atoms with van der Waals surface area (Å²) in [6, 6.07) is 13.6. The molecule has 0 bridgehead atoms. The molecule has 0 spiro atoms. The van der Waals surface area contributed by atoms with Gasteiger partial charge in [-0.2, -0.15) is 5.10 Å². The van der Waals surface area contributed by atoms with Gasteiger partial charge in [0.1, 0.15) is 12.1 Å².